The number of carbonyl (C=O) groups excluding carboxylic acids is 2. The molecule has 0 aliphatic rings. The van der Waals surface area contributed by atoms with Crippen LogP contribution in [0.3, 0.4) is 0 Å². The molecule has 3 rings (SSSR count). The van der Waals surface area contributed by atoms with Crippen LogP contribution in [0.1, 0.15) is 20.7 Å². The van der Waals surface area contributed by atoms with Crippen molar-refractivity contribution in [2.45, 2.75) is 4.90 Å². The zero-order chi connectivity index (χ0) is 20.9. The number of nitrogens with zero attached hydrogens (tertiary/aromatic N) is 1. The fourth-order valence-electron chi connectivity index (χ4n) is 2.44. The second-order valence-electron chi connectivity index (χ2n) is 5.93. The van der Waals surface area contributed by atoms with E-state index in [1.54, 1.807) is 36.4 Å². The fourth-order valence-corrected chi connectivity index (χ4v) is 3.63. The number of ketones is 1. The van der Waals surface area contributed by atoms with Gasteiger partial charge in [0.2, 0.25) is 10.0 Å². The van der Waals surface area contributed by atoms with E-state index in [0.717, 1.165) is 0 Å². The van der Waals surface area contributed by atoms with Crippen molar-refractivity contribution in [2.24, 2.45) is 0 Å². The first kappa shape index (κ1) is 20.7. The highest BCUT2D eigenvalue weighted by Crippen LogP contribution is 2.17. The molecule has 2 aromatic carbocycles. The number of benzene rings is 2. The lowest BCUT2D eigenvalue weighted by atomic mass is 10.1. The smallest absolute Gasteiger partial charge is 0.258 e. The van der Waals surface area contributed by atoms with Crippen molar-refractivity contribution in [3.63, 3.8) is 0 Å². The van der Waals surface area contributed by atoms with Crippen LogP contribution in [0.4, 0.5) is 5.69 Å². The van der Waals surface area contributed by atoms with Crippen LogP contribution in [-0.2, 0) is 10.0 Å². The van der Waals surface area contributed by atoms with Crippen LogP contribution >= 0.6 is 11.6 Å². The van der Waals surface area contributed by atoms with Gasteiger partial charge in [-0.3, -0.25) is 9.59 Å². The van der Waals surface area contributed by atoms with Crippen LogP contribution < -0.4 is 10.0 Å². The number of pyridine rings is 1. The Bertz CT molecular complexity index is 1130. The van der Waals surface area contributed by atoms with Gasteiger partial charge in [-0.2, -0.15) is 0 Å². The van der Waals surface area contributed by atoms with Crippen LogP contribution in [0.5, 0.6) is 0 Å². The van der Waals surface area contributed by atoms with Gasteiger partial charge in [0, 0.05) is 17.4 Å². The highest BCUT2D eigenvalue weighted by Gasteiger charge is 2.17. The number of carbonyl (C=O) groups is 2. The number of anilines is 1. The first-order valence-electron chi connectivity index (χ1n) is 8.47. The maximum absolute atomic E-state index is 12.4. The summed E-state index contributed by atoms with van der Waals surface area (Å²) in [6.07, 6.45) is 1.47. The molecule has 0 fully saturated rings. The monoisotopic (exact) mass is 429 g/mol. The van der Waals surface area contributed by atoms with Crippen molar-refractivity contribution < 1.29 is 18.0 Å². The molecule has 29 heavy (non-hydrogen) atoms. The van der Waals surface area contributed by atoms with Crippen LogP contribution in [0.25, 0.3) is 0 Å². The Balaban J connectivity index is 1.65. The van der Waals surface area contributed by atoms with Gasteiger partial charge in [-0.15, -0.1) is 0 Å². The zero-order valence-electron chi connectivity index (χ0n) is 15.0. The molecule has 9 heteroatoms. The maximum atomic E-state index is 12.4. The van der Waals surface area contributed by atoms with Crippen molar-refractivity contribution in [1.29, 1.82) is 0 Å². The van der Waals surface area contributed by atoms with E-state index in [1.807, 2.05) is 0 Å². The Hall–Kier alpha value is -3.07. The third-order valence-electron chi connectivity index (χ3n) is 3.94. The van der Waals surface area contributed by atoms with E-state index in [2.05, 4.69) is 15.0 Å². The van der Waals surface area contributed by atoms with Gasteiger partial charge in [-0.1, -0.05) is 41.9 Å². The first-order valence-corrected chi connectivity index (χ1v) is 10.3. The molecule has 0 unspecified atom stereocenters. The molecule has 0 atom stereocenters. The number of Topliss-reactive ketones (excluding diaryl/α,β-unsaturated/α-hetero) is 1. The molecule has 0 saturated carbocycles. The molecule has 1 aromatic heterocycles. The lowest BCUT2D eigenvalue weighted by Crippen LogP contribution is -2.29. The lowest BCUT2D eigenvalue weighted by molar-refractivity contribution is 0.0994. The molecular weight excluding hydrogens is 414 g/mol. The lowest BCUT2D eigenvalue weighted by Gasteiger charge is -2.09. The zero-order valence-corrected chi connectivity index (χ0v) is 16.6. The normalized spacial score (nSPS) is 11.1. The minimum Gasteiger partial charge on any atom is -0.322 e. The van der Waals surface area contributed by atoms with Gasteiger partial charge in [-0.05, 0) is 36.4 Å². The quantitative estimate of drug-likeness (QED) is 0.443. The van der Waals surface area contributed by atoms with E-state index in [-0.39, 0.29) is 27.9 Å². The third kappa shape index (κ3) is 5.26. The molecule has 0 spiro atoms. The minimum absolute atomic E-state index is 0.0317. The summed E-state index contributed by atoms with van der Waals surface area (Å²) in [5.41, 5.74) is 1.00. The number of rotatable bonds is 7. The van der Waals surface area contributed by atoms with Crippen molar-refractivity contribution in [3.05, 3.63) is 89.2 Å². The molecule has 1 amide bonds. The summed E-state index contributed by atoms with van der Waals surface area (Å²) >= 11 is 5.89. The number of amides is 1. The summed E-state index contributed by atoms with van der Waals surface area (Å²) in [4.78, 5) is 28.1. The molecule has 148 valence electrons. The van der Waals surface area contributed by atoms with Gasteiger partial charge >= 0.3 is 0 Å². The molecule has 7 nitrogen and oxygen atoms in total. The summed E-state index contributed by atoms with van der Waals surface area (Å²) in [7, 11) is -3.88. The highest BCUT2D eigenvalue weighted by molar-refractivity contribution is 7.89. The fraction of sp³-hybridized carbons (Fsp3) is 0.0500. The SMILES string of the molecule is O=C(CNS(=O)(=O)c1ccc(NC(=O)c2cccnc2Cl)cc1)c1ccccc1. The van der Waals surface area contributed by atoms with E-state index >= 15 is 0 Å². The van der Waals surface area contributed by atoms with Crippen LogP contribution in [0, 0.1) is 0 Å². The Kier molecular flexibility index (Phi) is 6.38. The van der Waals surface area contributed by atoms with Crippen LogP contribution in [-0.4, -0.2) is 31.6 Å². The number of sulfonamides is 1. The number of hydrogen-bond donors (Lipinski definition) is 2. The van der Waals surface area contributed by atoms with Gasteiger partial charge in [0.25, 0.3) is 5.91 Å². The van der Waals surface area contributed by atoms with E-state index in [9.17, 15) is 18.0 Å². The Morgan fingerprint density at radius 2 is 1.62 bits per heavy atom. The standard InChI is InChI=1S/C20H16ClN3O4S/c21-19-17(7-4-12-22-19)20(26)24-15-8-10-16(11-9-15)29(27,28)23-13-18(25)14-5-2-1-3-6-14/h1-12,23H,13H2,(H,24,26). The average molecular weight is 430 g/mol. The predicted octanol–water partition coefficient (Wildman–Crippen LogP) is 3.15. The van der Waals surface area contributed by atoms with Gasteiger partial charge in [-0.25, -0.2) is 18.1 Å². The Labute approximate surface area is 172 Å². The third-order valence-corrected chi connectivity index (χ3v) is 5.66. The molecule has 3 aromatic rings. The number of hydrogen-bond acceptors (Lipinski definition) is 5. The summed E-state index contributed by atoms with van der Waals surface area (Å²) < 4.78 is 27.1. The number of halogens is 1. The van der Waals surface area contributed by atoms with Crippen LogP contribution in [0.15, 0.2) is 77.8 Å². The largest absolute Gasteiger partial charge is 0.322 e. The first-order chi connectivity index (χ1) is 13.9. The average Bonchev–Trinajstić information content (AvgIpc) is 2.73. The van der Waals surface area contributed by atoms with Crippen molar-refractivity contribution in [3.8, 4) is 0 Å². The molecule has 0 aliphatic heterocycles. The molecule has 0 bridgehead atoms. The van der Waals surface area contributed by atoms with Gasteiger partial charge in [0.05, 0.1) is 17.0 Å². The second-order valence-corrected chi connectivity index (χ2v) is 8.06. The molecule has 0 saturated heterocycles. The topological polar surface area (TPSA) is 105 Å². The number of nitrogens with one attached hydrogen (secondary N) is 2. The van der Waals surface area contributed by atoms with E-state index < -0.39 is 15.9 Å². The maximum Gasteiger partial charge on any atom is 0.258 e. The summed E-state index contributed by atoms with van der Waals surface area (Å²) in [5.74, 6) is -0.809. The van der Waals surface area contributed by atoms with Gasteiger partial charge in [0.15, 0.2) is 5.78 Å². The van der Waals surface area contributed by atoms with E-state index in [4.69, 9.17) is 11.6 Å². The highest BCUT2D eigenvalue weighted by atomic mass is 35.5. The molecule has 0 aliphatic carbocycles. The van der Waals surface area contributed by atoms with Gasteiger partial charge < -0.3 is 5.32 Å². The van der Waals surface area contributed by atoms with Crippen molar-refractivity contribution in [1.82, 2.24) is 9.71 Å². The predicted molar refractivity (Wildman–Crippen MR) is 110 cm³/mol. The summed E-state index contributed by atoms with van der Waals surface area (Å²) in [5, 5.41) is 2.68. The summed E-state index contributed by atoms with van der Waals surface area (Å²) in [6.45, 7) is -0.357. The molecular formula is C20H16ClN3O4S. The minimum atomic E-state index is -3.88. The number of aromatic nitrogens is 1. The van der Waals surface area contributed by atoms with E-state index in [0.29, 0.717) is 11.3 Å². The Morgan fingerprint density at radius 3 is 2.28 bits per heavy atom. The second kappa shape index (κ2) is 8.95. The Morgan fingerprint density at radius 1 is 0.931 bits per heavy atom. The van der Waals surface area contributed by atoms with Crippen LogP contribution in [0.2, 0.25) is 5.15 Å². The van der Waals surface area contributed by atoms with Crippen molar-refractivity contribution >= 4 is 39.0 Å². The van der Waals surface area contributed by atoms with Crippen molar-refractivity contribution in [2.75, 3.05) is 11.9 Å². The molecule has 1 heterocycles. The van der Waals surface area contributed by atoms with E-state index in [1.165, 1.54) is 36.5 Å². The summed E-state index contributed by atoms with van der Waals surface area (Å²) in [6, 6.07) is 17.0. The molecule has 0 radical (unpaired) electrons. The van der Waals surface area contributed by atoms with Gasteiger partial charge in [0.1, 0.15) is 5.15 Å². The molecule has 2 N–H and O–H groups in total.